The van der Waals surface area contributed by atoms with E-state index in [0.717, 1.165) is 64.9 Å². The summed E-state index contributed by atoms with van der Waals surface area (Å²) in [6.07, 6.45) is 4.15. The molecule has 0 saturated carbocycles. The number of thiophene rings is 1. The average Bonchev–Trinajstić information content (AvgIpc) is 3.97. The smallest absolute Gasteiger partial charge is 0.335 e. The minimum Gasteiger partial charge on any atom is -0.340 e. The number of nitrogens with zero attached hydrogens (tertiary/aromatic N) is 3. The van der Waals surface area contributed by atoms with Crippen LogP contribution in [0.2, 0.25) is 0 Å². The normalized spacial score (nSPS) is 22.2. The second kappa shape index (κ2) is 20.5. The highest BCUT2D eigenvalue weighted by atomic mass is 32.2. The summed E-state index contributed by atoms with van der Waals surface area (Å²) in [4.78, 5) is 75.2. The zero-order chi connectivity index (χ0) is 44.8. The lowest BCUT2D eigenvalue weighted by atomic mass is 9.95. The number of thioether (sulfide) groups is 2. The summed E-state index contributed by atoms with van der Waals surface area (Å²) in [5.74, 6) is -0.214. The van der Waals surface area contributed by atoms with Gasteiger partial charge in [-0.05, 0) is 60.4 Å². The van der Waals surface area contributed by atoms with Crippen LogP contribution in [0, 0.1) is 17.4 Å². The van der Waals surface area contributed by atoms with Gasteiger partial charge in [-0.1, -0.05) is 114 Å². The van der Waals surface area contributed by atoms with E-state index in [-0.39, 0.29) is 65.3 Å². The maximum atomic E-state index is 14.4. The summed E-state index contributed by atoms with van der Waals surface area (Å²) in [5, 5.41) is 3.78. The van der Waals surface area contributed by atoms with Gasteiger partial charge in [0, 0.05) is 39.6 Å². The van der Waals surface area contributed by atoms with Crippen LogP contribution < -0.4 is 5.32 Å². The molecule has 3 fully saturated rings. The third-order valence-corrected chi connectivity index (χ3v) is 17.0. The van der Waals surface area contributed by atoms with E-state index in [4.69, 9.17) is 15.6 Å². The van der Waals surface area contributed by atoms with Crippen LogP contribution in [0.1, 0.15) is 107 Å². The zero-order valence-electron chi connectivity index (χ0n) is 36.6. The number of benzene rings is 2. The molecular weight excluding hydrogens is 864 g/mol. The van der Waals surface area contributed by atoms with Crippen molar-refractivity contribution in [2.75, 3.05) is 37.8 Å². The van der Waals surface area contributed by atoms with Gasteiger partial charge in [-0.15, -0.1) is 11.3 Å². The number of amides is 3. The van der Waals surface area contributed by atoms with Crippen LogP contribution in [0.15, 0.2) is 54.6 Å². The molecule has 1 aromatic heterocycles. The van der Waals surface area contributed by atoms with Gasteiger partial charge in [0.2, 0.25) is 17.9 Å². The molecule has 3 aliphatic heterocycles. The molecule has 4 heterocycles. The van der Waals surface area contributed by atoms with E-state index >= 15 is 0 Å². The Kier molecular flexibility index (Phi) is 15.9. The molecule has 1 N–H and O–H groups in total. The summed E-state index contributed by atoms with van der Waals surface area (Å²) in [6.45, 7) is 19.7. The van der Waals surface area contributed by atoms with E-state index < -0.39 is 30.5 Å². The third-order valence-electron chi connectivity index (χ3n) is 11.5. The highest BCUT2D eigenvalue weighted by Crippen LogP contribution is 2.52. The molecule has 3 amide bonds. The van der Waals surface area contributed by atoms with E-state index in [1.165, 1.54) is 11.3 Å². The van der Waals surface area contributed by atoms with Gasteiger partial charge in [0.1, 0.15) is 12.1 Å². The third kappa shape index (κ3) is 12.0. The first-order valence-corrected chi connectivity index (χ1v) is 26.0. The molecule has 0 bridgehead atoms. The number of hydrogen-bond acceptors (Lipinski definition) is 11. The first-order valence-electron chi connectivity index (χ1n) is 21.5. The minimum absolute atomic E-state index is 0.00138. The molecule has 6 rings (SSSR count). The molecular formula is C46H59N4O8PS3. The van der Waals surface area contributed by atoms with Crippen LogP contribution in [-0.4, -0.2) is 99.7 Å². The van der Waals surface area contributed by atoms with Gasteiger partial charge < -0.3 is 29.0 Å². The number of rotatable bonds is 14. The van der Waals surface area contributed by atoms with Gasteiger partial charge in [0.25, 0.3) is 5.91 Å². The predicted molar refractivity (Wildman–Crippen MR) is 248 cm³/mol. The molecule has 62 heavy (non-hydrogen) atoms. The standard InChI is InChI=1S/C46H59N4O8PS3/c1-45(2,3)43(54)60-23-21-57-59(56,58-22-24-61-44(55)46(4,5)6)29-30-17-20-38-32(25-30)26-39(62-38)40(51)48-35-16-12-11-15-33-18-19-37(50(33)41(35)52)42(53)49-27-34(36(28-49)47-7)31-13-9-8-10-14-31/h8-10,13-14,17,20,25-26,33-37H,11-12,15-16,18-19,21-24,27-29H2,1-6H3,(H,48,51)/t33-,34-,35-,36+,37-/m0/s1. The Balaban J connectivity index is 1.12. The van der Waals surface area contributed by atoms with E-state index in [9.17, 15) is 28.5 Å². The van der Waals surface area contributed by atoms with Gasteiger partial charge in [-0.25, -0.2) is 6.57 Å². The van der Waals surface area contributed by atoms with Crippen LogP contribution in [0.3, 0.4) is 0 Å². The van der Waals surface area contributed by atoms with E-state index in [1.807, 2.05) is 90.1 Å². The quantitative estimate of drug-likeness (QED) is 0.0945. The average molecular weight is 923 g/mol. The van der Waals surface area contributed by atoms with Crippen LogP contribution in [0.5, 0.6) is 0 Å². The second-order valence-electron chi connectivity index (χ2n) is 18.4. The molecule has 2 aromatic carbocycles. The van der Waals surface area contributed by atoms with Crippen molar-refractivity contribution in [2.24, 2.45) is 10.8 Å². The highest BCUT2D eigenvalue weighted by molar-refractivity contribution is 8.14. The van der Waals surface area contributed by atoms with Crippen molar-refractivity contribution in [3.63, 3.8) is 0 Å². The lowest BCUT2D eigenvalue weighted by Crippen LogP contribution is -2.56. The maximum absolute atomic E-state index is 14.4. The zero-order valence-corrected chi connectivity index (χ0v) is 39.9. The Hall–Kier alpha value is -3.51. The van der Waals surface area contributed by atoms with E-state index in [1.54, 1.807) is 15.9 Å². The monoisotopic (exact) mass is 922 g/mol. The molecule has 3 saturated heterocycles. The fraction of sp³-hybridized carbons (Fsp3) is 0.565. The van der Waals surface area contributed by atoms with Gasteiger partial charge in [-0.3, -0.25) is 28.5 Å². The molecule has 5 atom stereocenters. The summed E-state index contributed by atoms with van der Waals surface area (Å²) in [5.41, 5.74) is 0.658. The molecule has 3 aliphatic rings. The molecule has 12 nitrogen and oxygen atoms in total. The van der Waals surface area contributed by atoms with Crippen LogP contribution >= 0.6 is 42.5 Å². The predicted octanol–water partition coefficient (Wildman–Crippen LogP) is 9.19. The number of likely N-dealkylation sites (tertiary alicyclic amines) is 1. The molecule has 16 heteroatoms. The Morgan fingerprint density at radius 3 is 2.15 bits per heavy atom. The fourth-order valence-corrected chi connectivity index (χ4v) is 12.6. The fourth-order valence-electron chi connectivity index (χ4n) is 8.18. The number of fused-ring (bicyclic) bond motifs is 2. The Morgan fingerprint density at radius 1 is 0.871 bits per heavy atom. The van der Waals surface area contributed by atoms with Crippen LogP contribution in [0.25, 0.3) is 14.9 Å². The maximum Gasteiger partial charge on any atom is 0.335 e. The van der Waals surface area contributed by atoms with Gasteiger partial charge in [-0.2, -0.15) is 0 Å². The topological polar surface area (TPSA) is 144 Å². The summed E-state index contributed by atoms with van der Waals surface area (Å²) >= 11 is 3.54. The van der Waals surface area contributed by atoms with E-state index in [0.29, 0.717) is 47.9 Å². The largest absolute Gasteiger partial charge is 0.340 e. The lowest BCUT2D eigenvalue weighted by molar-refractivity contribution is -0.146. The van der Waals surface area contributed by atoms with Gasteiger partial charge in [0.15, 0.2) is 10.2 Å². The molecule has 3 aromatic rings. The SMILES string of the molecule is [C-]#[N+][C@@H]1CN(C(=O)[C@@H]2CC[C@@H]3CCCC[C@H](NC(=O)c4cc5cc(CP(=O)(OCCSC(=O)C(C)(C)C)OCCSC(=O)C(C)(C)C)ccc5s4)C(=O)N32)C[C@H]1c1ccccc1. The Morgan fingerprint density at radius 2 is 1.52 bits per heavy atom. The molecule has 0 aliphatic carbocycles. The minimum atomic E-state index is -3.73. The first kappa shape index (κ1) is 48.0. The highest BCUT2D eigenvalue weighted by Gasteiger charge is 2.48. The number of carbonyl (C=O) groups excluding carboxylic acids is 5. The van der Waals surface area contributed by atoms with Crippen molar-refractivity contribution in [3.8, 4) is 0 Å². The number of hydrogen-bond donors (Lipinski definition) is 1. The molecule has 334 valence electrons. The lowest BCUT2D eigenvalue weighted by Gasteiger charge is -2.36. The van der Waals surface area contributed by atoms with E-state index in [2.05, 4.69) is 10.2 Å². The van der Waals surface area contributed by atoms with Crippen molar-refractivity contribution < 1.29 is 37.6 Å². The van der Waals surface area contributed by atoms with Crippen molar-refractivity contribution in [1.29, 1.82) is 0 Å². The van der Waals surface area contributed by atoms with Crippen molar-refractivity contribution >= 4 is 80.5 Å². The van der Waals surface area contributed by atoms with Crippen LogP contribution in [-0.2, 0) is 39.0 Å². The summed E-state index contributed by atoms with van der Waals surface area (Å²) in [6, 6.07) is 15.3. The first-order chi connectivity index (χ1) is 29.4. The number of nitrogens with one attached hydrogen (secondary N) is 1. The van der Waals surface area contributed by atoms with Crippen LogP contribution in [0.4, 0.5) is 0 Å². The summed E-state index contributed by atoms with van der Waals surface area (Å²) in [7, 11) is -3.73. The van der Waals surface area contributed by atoms with Crippen molar-refractivity contribution in [3.05, 3.63) is 82.0 Å². The summed E-state index contributed by atoms with van der Waals surface area (Å²) < 4.78 is 26.8. The van der Waals surface area contributed by atoms with Gasteiger partial charge >= 0.3 is 7.60 Å². The van der Waals surface area contributed by atoms with Gasteiger partial charge in [0.05, 0.1) is 36.7 Å². The number of carbonyl (C=O) groups is 5. The van der Waals surface area contributed by atoms with Crippen molar-refractivity contribution in [1.82, 2.24) is 15.1 Å². The second-order valence-corrected chi connectivity index (χ2v) is 23.7. The Labute approximate surface area is 378 Å². The molecule has 0 radical (unpaired) electrons. The van der Waals surface area contributed by atoms with Crippen molar-refractivity contribution in [2.45, 2.75) is 116 Å². The molecule has 0 spiro atoms. The Bertz CT molecular complexity index is 2180. The molecule has 0 unspecified atom stereocenters.